The molecule has 0 atom stereocenters. The van der Waals surface area contributed by atoms with Crippen molar-refractivity contribution in [1.29, 1.82) is 0 Å². The first-order chi connectivity index (χ1) is 10.3. The second-order valence-corrected chi connectivity index (χ2v) is 6.01. The van der Waals surface area contributed by atoms with Crippen molar-refractivity contribution in [2.24, 2.45) is 5.73 Å². The molecule has 0 bridgehead atoms. The van der Waals surface area contributed by atoms with Crippen molar-refractivity contribution in [3.63, 3.8) is 0 Å². The van der Waals surface area contributed by atoms with Crippen LogP contribution in [0.2, 0.25) is 0 Å². The highest BCUT2D eigenvalue weighted by molar-refractivity contribution is 5.85. The van der Waals surface area contributed by atoms with Crippen LogP contribution in [0.4, 0.5) is 4.39 Å². The van der Waals surface area contributed by atoms with E-state index in [2.05, 4.69) is 5.32 Å². The summed E-state index contributed by atoms with van der Waals surface area (Å²) in [6.07, 6.45) is 0.769. The van der Waals surface area contributed by atoms with Gasteiger partial charge >= 0.3 is 0 Å². The van der Waals surface area contributed by atoms with Crippen molar-refractivity contribution in [2.45, 2.75) is 32.2 Å². The zero-order chi connectivity index (χ0) is 16.2. The van der Waals surface area contributed by atoms with Crippen molar-refractivity contribution < 1.29 is 13.6 Å². The Kier molecular flexibility index (Phi) is 6.79. The average Bonchev–Trinajstić information content (AvgIpc) is 2.91. The Balaban J connectivity index is 0.00000264. The molecule has 1 aromatic heterocycles. The Hall–Kier alpha value is -1.85. The summed E-state index contributed by atoms with van der Waals surface area (Å²) in [4.78, 5) is 11.7. The molecule has 2 aromatic rings. The number of rotatable bonds is 6. The van der Waals surface area contributed by atoms with Crippen molar-refractivity contribution in [3.8, 4) is 11.3 Å². The Morgan fingerprint density at radius 2 is 1.96 bits per heavy atom. The van der Waals surface area contributed by atoms with E-state index in [4.69, 9.17) is 10.2 Å². The van der Waals surface area contributed by atoms with Gasteiger partial charge in [-0.1, -0.05) is 12.1 Å². The van der Waals surface area contributed by atoms with Gasteiger partial charge in [-0.05, 0) is 38.1 Å². The molecule has 0 saturated heterocycles. The average molecular weight is 341 g/mol. The normalized spacial score (nSPS) is 11.0. The smallest absolute Gasteiger partial charge is 0.220 e. The molecule has 0 saturated carbocycles. The summed E-state index contributed by atoms with van der Waals surface area (Å²) in [5.74, 6) is 0.714. The number of amides is 1. The predicted octanol–water partition coefficient (Wildman–Crippen LogP) is 3.29. The molecule has 2 rings (SSSR count). The zero-order valence-corrected chi connectivity index (χ0v) is 14.1. The van der Waals surface area contributed by atoms with Crippen LogP contribution in [0.25, 0.3) is 11.3 Å². The lowest BCUT2D eigenvalue weighted by Crippen LogP contribution is -2.45. The van der Waals surface area contributed by atoms with Crippen LogP contribution < -0.4 is 11.1 Å². The fraction of sp³-hybridized carbons (Fsp3) is 0.353. The number of hydrogen-bond acceptors (Lipinski definition) is 3. The summed E-state index contributed by atoms with van der Waals surface area (Å²) in [7, 11) is 0. The second kappa shape index (κ2) is 8.13. The Morgan fingerprint density at radius 1 is 1.26 bits per heavy atom. The summed E-state index contributed by atoms with van der Waals surface area (Å²) < 4.78 is 19.3. The molecule has 1 heterocycles. The molecule has 6 heteroatoms. The van der Waals surface area contributed by atoms with Crippen molar-refractivity contribution >= 4 is 18.3 Å². The van der Waals surface area contributed by atoms with Gasteiger partial charge in [-0.3, -0.25) is 4.79 Å². The van der Waals surface area contributed by atoms with Crippen LogP contribution in [-0.4, -0.2) is 18.0 Å². The minimum Gasteiger partial charge on any atom is -0.461 e. The molecule has 0 fully saturated rings. The third-order valence-corrected chi connectivity index (χ3v) is 3.14. The first-order valence-electron chi connectivity index (χ1n) is 7.24. The monoisotopic (exact) mass is 340 g/mol. The number of nitrogens with two attached hydrogens (primary N) is 1. The van der Waals surface area contributed by atoms with Gasteiger partial charge in [0.25, 0.3) is 0 Å². The van der Waals surface area contributed by atoms with Crippen LogP contribution in [0.1, 0.15) is 26.0 Å². The van der Waals surface area contributed by atoms with E-state index in [9.17, 15) is 9.18 Å². The Labute approximate surface area is 141 Å². The minimum atomic E-state index is -0.432. The third kappa shape index (κ3) is 6.04. The third-order valence-electron chi connectivity index (χ3n) is 3.14. The molecule has 0 aliphatic heterocycles. The highest BCUT2D eigenvalue weighted by atomic mass is 35.5. The predicted molar refractivity (Wildman–Crippen MR) is 90.9 cm³/mol. The van der Waals surface area contributed by atoms with E-state index < -0.39 is 5.54 Å². The van der Waals surface area contributed by atoms with Gasteiger partial charge in [0.15, 0.2) is 0 Å². The Morgan fingerprint density at radius 3 is 2.61 bits per heavy atom. The molecule has 23 heavy (non-hydrogen) atoms. The van der Waals surface area contributed by atoms with Crippen LogP contribution in [0, 0.1) is 5.82 Å². The highest BCUT2D eigenvalue weighted by Gasteiger charge is 2.13. The van der Waals surface area contributed by atoms with Crippen LogP contribution in [0.15, 0.2) is 40.8 Å². The van der Waals surface area contributed by atoms with E-state index in [-0.39, 0.29) is 24.1 Å². The number of nitrogens with one attached hydrogen (secondary N) is 1. The lowest BCUT2D eigenvalue weighted by Gasteiger charge is -2.18. The van der Waals surface area contributed by atoms with Gasteiger partial charge in [0.2, 0.25) is 5.91 Å². The van der Waals surface area contributed by atoms with Crippen LogP contribution in [-0.2, 0) is 11.2 Å². The van der Waals surface area contributed by atoms with Gasteiger partial charge in [0.1, 0.15) is 17.3 Å². The first-order valence-corrected chi connectivity index (χ1v) is 7.24. The maximum absolute atomic E-state index is 13.7. The minimum absolute atomic E-state index is 0. The zero-order valence-electron chi connectivity index (χ0n) is 13.3. The van der Waals surface area contributed by atoms with E-state index in [1.54, 1.807) is 30.3 Å². The van der Waals surface area contributed by atoms with Crippen molar-refractivity contribution in [1.82, 2.24) is 5.32 Å². The molecular weight excluding hydrogens is 319 g/mol. The fourth-order valence-electron chi connectivity index (χ4n) is 1.97. The summed E-state index contributed by atoms with van der Waals surface area (Å²) in [5, 5.41) is 2.77. The largest absolute Gasteiger partial charge is 0.461 e. The molecule has 1 amide bonds. The summed E-state index contributed by atoms with van der Waals surface area (Å²) in [5.41, 5.74) is 5.79. The van der Waals surface area contributed by atoms with Gasteiger partial charge in [-0.2, -0.15) is 0 Å². The maximum atomic E-state index is 13.7. The number of benzene rings is 1. The van der Waals surface area contributed by atoms with E-state index >= 15 is 0 Å². The maximum Gasteiger partial charge on any atom is 0.220 e. The highest BCUT2D eigenvalue weighted by Crippen LogP contribution is 2.25. The molecule has 0 aliphatic rings. The van der Waals surface area contributed by atoms with E-state index in [0.29, 0.717) is 36.5 Å². The molecule has 3 N–H and O–H groups in total. The standard InChI is InChI=1S/C17H21FN2O2.ClH/c1-17(2,19)11-20-16(21)10-8-12-7-9-15(22-12)13-5-3-4-6-14(13)18;/h3-7,9H,8,10-11,19H2,1-2H3,(H,20,21);1H. The van der Waals surface area contributed by atoms with Crippen molar-refractivity contribution in [2.75, 3.05) is 6.54 Å². The van der Waals surface area contributed by atoms with Gasteiger partial charge in [-0.15, -0.1) is 12.4 Å². The van der Waals surface area contributed by atoms with E-state index in [1.807, 2.05) is 13.8 Å². The molecular formula is C17H22ClFN2O2. The summed E-state index contributed by atoms with van der Waals surface area (Å²) in [6, 6.07) is 9.92. The van der Waals surface area contributed by atoms with Crippen LogP contribution in [0.5, 0.6) is 0 Å². The molecule has 0 spiro atoms. The second-order valence-electron chi connectivity index (χ2n) is 6.01. The number of aryl methyl sites for hydroxylation is 1. The molecule has 0 unspecified atom stereocenters. The fourth-order valence-corrected chi connectivity index (χ4v) is 1.97. The number of carbonyl (C=O) groups is 1. The molecule has 1 aromatic carbocycles. The van der Waals surface area contributed by atoms with Gasteiger partial charge in [0, 0.05) is 24.9 Å². The number of furan rings is 1. The van der Waals surface area contributed by atoms with Gasteiger partial charge in [-0.25, -0.2) is 4.39 Å². The van der Waals surface area contributed by atoms with Gasteiger partial charge < -0.3 is 15.5 Å². The number of halogens is 2. The van der Waals surface area contributed by atoms with Crippen LogP contribution >= 0.6 is 12.4 Å². The first kappa shape index (κ1) is 19.2. The molecule has 0 aliphatic carbocycles. The number of carbonyl (C=O) groups excluding carboxylic acids is 1. The summed E-state index contributed by atoms with van der Waals surface area (Å²) in [6.45, 7) is 4.12. The Bertz CT molecular complexity index is 650. The lowest BCUT2D eigenvalue weighted by atomic mass is 10.1. The van der Waals surface area contributed by atoms with Crippen molar-refractivity contribution in [3.05, 3.63) is 48.0 Å². The molecule has 4 nitrogen and oxygen atoms in total. The topological polar surface area (TPSA) is 68.3 Å². The molecule has 0 radical (unpaired) electrons. The van der Waals surface area contributed by atoms with Gasteiger partial charge in [0.05, 0.1) is 5.56 Å². The SMILES string of the molecule is CC(C)(N)CNC(=O)CCc1ccc(-c2ccccc2F)o1.Cl. The van der Waals surface area contributed by atoms with E-state index in [1.165, 1.54) is 6.07 Å². The molecule has 126 valence electrons. The lowest BCUT2D eigenvalue weighted by molar-refractivity contribution is -0.121. The van der Waals surface area contributed by atoms with Crippen LogP contribution in [0.3, 0.4) is 0 Å². The number of hydrogen-bond donors (Lipinski definition) is 2. The quantitative estimate of drug-likeness (QED) is 0.847. The van der Waals surface area contributed by atoms with E-state index in [0.717, 1.165) is 0 Å². The summed E-state index contributed by atoms with van der Waals surface area (Å²) >= 11 is 0.